The van der Waals surface area contributed by atoms with Crippen molar-refractivity contribution in [1.82, 2.24) is 4.98 Å². The van der Waals surface area contributed by atoms with Gasteiger partial charge >= 0.3 is 0 Å². The molecule has 0 bridgehead atoms. The second-order valence-electron chi connectivity index (χ2n) is 7.20. The maximum absolute atomic E-state index is 5.90. The van der Waals surface area contributed by atoms with Crippen molar-refractivity contribution in [3.05, 3.63) is 12.1 Å². The highest BCUT2D eigenvalue weighted by Gasteiger charge is 2.27. The second kappa shape index (κ2) is 5.15. The van der Waals surface area contributed by atoms with E-state index in [1.54, 1.807) is 0 Å². The first-order valence-corrected chi connectivity index (χ1v) is 7.18. The third kappa shape index (κ3) is 4.91. The summed E-state index contributed by atoms with van der Waals surface area (Å²) in [7, 11) is 0. The lowest BCUT2D eigenvalue weighted by atomic mass is 10.2. The lowest BCUT2D eigenvalue weighted by Crippen LogP contribution is -2.26. The molecule has 1 saturated carbocycles. The van der Waals surface area contributed by atoms with Gasteiger partial charge in [0.05, 0.1) is 6.10 Å². The molecule has 0 aliphatic heterocycles. The van der Waals surface area contributed by atoms with Crippen LogP contribution in [0.3, 0.4) is 0 Å². The average molecular weight is 279 g/mol. The summed E-state index contributed by atoms with van der Waals surface area (Å²) in [5.74, 6) is 1.76. The molecule has 4 nitrogen and oxygen atoms in total. The van der Waals surface area contributed by atoms with Crippen molar-refractivity contribution >= 4 is 0 Å². The minimum absolute atomic E-state index is 0.287. The van der Waals surface area contributed by atoms with Gasteiger partial charge in [-0.1, -0.05) is 0 Å². The molecule has 1 heterocycles. The van der Waals surface area contributed by atoms with Gasteiger partial charge in [-0.2, -0.15) is 4.98 Å². The third-order valence-corrected chi connectivity index (χ3v) is 2.43. The molecule has 2 rings (SSSR count). The Hall–Kier alpha value is -1.45. The Kier molecular flexibility index (Phi) is 3.85. The van der Waals surface area contributed by atoms with E-state index in [9.17, 15) is 0 Å². The largest absolute Gasteiger partial charge is 0.485 e. The lowest BCUT2D eigenvalue weighted by Gasteiger charge is -2.24. The van der Waals surface area contributed by atoms with E-state index < -0.39 is 0 Å². The van der Waals surface area contributed by atoms with Gasteiger partial charge in [-0.25, -0.2) is 0 Å². The Morgan fingerprint density at radius 2 is 1.55 bits per heavy atom. The van der Waals surface area contributed by atoms with Gasteiger partial charge in [0.1, 0.15) is 11.2 Å². The molecule has 1 fully saturated rings. The Morgan fingerprint density at radius 3 is 2.05 bits per heavy atom. The quantitative estimate of drug-likeness (QED) is 0.836. The predicted octanol–water partition coefficient (Wildman–Crippen LogP) is 3.98. The molecule has 0 aromatic carbocycles. The van der Waals surface area contributed by atoms with Crippen LogP contribution in [0.4, 0.5) is 0 Å². The number of nitrogens with zero attached hydrogens (tertiary/aromatic N) is 1. The second-order valence-corrected chi connectivity index (χ2v) is 7.20. The van der Waals surface area contributed by atoms with Crippen LogP contribution < -0.4 is 14.2 Å². The molecule has 0 radical (unpaired) electrons. The summed E-state index contributed by atoms with van der Waals surface area (Å²) in [6.07, 6.45) is 2.53. The topological polar surface area (TPSA) is 40.6 Å². The molecule has 112 valence electrons. The molecule has 20 heavy (non-hydrogen) atoms. The third-order valence-electron chi connectivity index (χ3n) is 2.43. The summed E-state index contributed by atoms with van der Waals surface area (Å²) in [4.78, 5) is 4.45. The SMILES string of the molecule is CC(C)(C)Oc1ccc(OC2CC2)c(OC(C)(C)C)n1. The number of hydrogen-bond acceptors (Lipinski definition) is 4. The smallest absolute Gasteiger partial charge is 0.260 e. The van der Waals surface area contributed by atoms with E-state index >= 15 is 0 Å². The van der Waals surface area contributed by atoms with Crippen molar-refractivity contribution in [2.45, 2.75) is 71.7 Å². The summed E-state index contributed by atoms with van der Waals surface area (Å²) in [6, 6.07) is 3.71. The Morgan fingerprint density at radius 1 is 0.950 bits per heavy atom. The van der Waals surface area contributed by atoms with Gasteiger partial charge in [0.2, 0.25) is 5.88 Å². The van der Waals surface area contributed by atoms with Crippen molar-refractivity contribution in [3.8, 4) is 17.5 Å². The Labute approximate surface area is 121 Å². The number of ether oxygens (including phenoxy) is 3. The van der Waals surface area contributed by atoms with Crippen molar-refractivity contribution in [2.75, 3.05) is 0 Å². The zero-order chi connectivity index (χ0) is 15.0. The van der Waals surface area contributed by atoms with Gasteiger partial charge in [-0.3, -0.25) is 0 Å². The standard InChI is InChI=1S/C16H25NO3/c1-15(2,3)19-13-10-9-12(18-11-7-8-11)14(17-13)20-16(4,5)6/h9-11H,7-8H2,1-6H3. The van der Waals surface area contributed by atoms with Crippen molar-refractivity contribution in [1.29, 1.82) is 0 Å². The van der Waals surface area contributed by atoms with Crippen molar-refractivity contribution in [2.24, 2.45) is 0 Å². The van der Waals surface area contributed by atoms with Crippen LogP contribution in [0.1, 0.15) is 54.4 Å². The molecule has 0 saturated heterocycles. The molecule has 1 aromatic rings. The van der Waals surface area contributed by atoms with E-state index in [2.05, 4.69) is 4.98 Å². The monoisotopic (exact) mass is 279 g/mol. The van der Waals surface area contributed by atoms with Gasteiger partial charge < -0.3 is 14.2 Å². The van der Waals surface area contributed by atoms with Crippen LogP contribution in [0, 0.1) is 0 Å². The van der Waals surface area contributed by atoms with Crippen molar-refractivity contribution < 1.29 is 14.2 Å². The number of hydrogen-bond donors (Lipinski definition) is 0. The molecule has 1 aromatic heterocycles. The van der Waals surface area contributed by atoms with Crippen LogP contribution in [0.2, 0.25) is 0 Å². The molecular formula is C16H25NO3. The molecule has 0 unspecified atom stereocenters. The zero-order valence-electron chi connectivity index (χ0n) is 13.3. The van der Waals surface area contributed by atoms with E-state index in [-0.39, 0.29) is 11.2 Å². The lowest BCUT2D eigenvalue weighted by molar-refractivity contribution is 0.102. The predicted molar refractivity (Wildman–Crippen MR) is 78.6 cm³/mol. The highest BCUT2D eigenvalue weighted by molar-refractivity contribution is 5.37. The molecule has 1 aliphatic rings. The molecule has 4 heteroatoms. The van der Waals surface area contributed by atoms with Crippen LogP contribution in [0.25, 0.3) is 0 Å². The van der Waals surface area contributed by atoms with E-state index in [4.69, 9.17) is 14.2 Å². The average Bonchev–Trinajstić information content (AvgIpc) is 3.01. The van der Waals surface area contributed by atoms with Crippen LogP contribution >= 0.6 is 0 Å². The molecular weight excluding hydrogens is 254 g/mol. The van der Waals surface area contributed by atoms with E-state index in [1.165, 1.54) is 0 Å². The van der Waals surface area contributed by atoms with E-state index in [0.717, 1.165) is 12.8 Å². The Bertz CT molecular complexity index is 468. The van der Waals surface area contributed by atoms with Gasteiger partial charge in [0.25, 0.3) is 5.88 Å². The van der Waals surface area contributed by atoms with Gasteiger partial charge in [0.15, 0.2) is 5.75 Å². The minimum Gasteiger partial charge on any atom is -0.485 e. The Balaban J connectivity index is 2.23. The summed E-state index contributed by atoms with van der Waals surface area (Å²) in [5, 5.41) is 0. The number of pyridine rings is 1. The van der Waals surface area contributed by atoms with Gasteiger partial charge in [-0.15, -0.1) is 0 Å². The van der Waals surface area contributed by atoms with Crippen LogP contribution in [-0.4, -0.2) is 22.3 Å². The number of rotatable bonds is 4. The van der Waals surface area contributed by atoms with Gasteiger partial charge in [-0.05, 0) is 60.5 Å². The van der Waals surface area contributed by atoms with Crippen LogP contribution in [-0.2, 0) is 0 Å². The van der Waals surface area contributed by atoms with Crippen LogP contribution in [0.5, 0.6) is 17.5 Å². The van der Waals surface area contributed by atoms with Crippen LogP contribution in [0.15, 0.2) is 12.1 Å². The molecule has 0 amide bonds. The van der Waals surface area contributed by atoms with Gasteiger partial charge in [0, 0.05) is 6.07 Å². The first kappa shape index (κ1) is 14.9. The summed E-state index contributed by atoms with van der Waals surface area (Å²) in [6.45, 7) is 12.0. The fourth-order valence-corrected chi connectivity index (χ4v) is 1.60. The summed E-state index contributed by atoms with van der Waals surface area (Å²) >= 11 is 0. The highest BCUT2D eigenvalue weighted by atomic mass is 16.6. The fourth-order valence-electron chi connectivity index (χ4n) is 1.60. The summed E-state index contributed by atoms with van der Waals surface area (Å²) < 4.78 is 17.5. The highest BCUT2D eigenvalue weighted by Crippen LogP contribution is 2.35. The zero-order valence-corrected chi connectivity index (χ0v) is 13.3. The normalized spacial score (nSPS) is 15.9. The maximum atomic E-state index is 5.90. The number of aromatic nitrogens is 1. The molecule has 0 N–H and O–H groups in total. The molecule has 0 atom stereocenters. The molecule has 1 aliphatic carbocycles. The summed E-state index contributed by atoms with van der Waals surface area (Å²) in [5.41, 5.74) is -0.611. The first-order chi connectivity index (χ1) is 9.12. The maximum Gasteiger partial charge on any atom is 0.260 e. The first-order valence-electron chi connectivity index (χ1n) is 7.18. The molecule has 0 spiro atoms. The minimum atomic E-state index is -0.324. The van der Waals surface area contributed by atoms with E-state index in [1.807, 2.05) is 53.7 Å². The van der Waals surface area contributed by atoms with Crippen molar-refractivity contribution in [3.63, 3.8) is 0 Å². The van der Waals surface area contributed by atoms with E-state index in [0.29, 0.717) is 23.6 Å². The fraction of sp³-hybridized carbons (Fsp3) is 0.688.